The summed E-state index contributed by atoms with van der Waals surface area (Å²) in [7, 11) is 0. The fourth-order valence-corrected chi connectivity index (χ4v) is 3.23. The van der Waals surface area contributed by atoms with Gasteiger partial charge in [-0.1, -0.05) is 48.5 Å². The third-order valence-corrected chi connectivity index (χ3v) is 3.89. The lowest BCUT2D eigenvalue weighted by molar-refractivity contribution is 0.561. The van der Waals surface area contributed by atoms with Gasteiger partial charge in [0.15, 0.2) is 11.1 Å². The second-order valence-corrected chi connectivity index (χ2v) is 5.19. The molecule has 0 heterocycles. The van der Waals surface area contributed by atoms with E-state index < -0.39 is 11.1 Å². The predicted molar refractivity (Wildman–Crippen MR) is 69.4 cm³/mol. The van der Waals surface area contributed by atoms with E-state index in [0.717, 1.165) is 11.1 Å². The molecule has 2 aromatic carbocycles. The van der Waals surface area contributed by atoms with Gasteiger partial charge in [-0.05, 0) is 22.3 Å². The first-order valence-electron chi connectivity index (χ1n) is 5.53. The summed E-state index contributed by atoms with van der Waals surface area (Å²) in [6.07, 6.45) is 0. The highest BCUT2D eigenvalue weighted by Crippen LogP contribution is 2.44. The number of hydrogen-bond acceptors (Lipinski definition) is 1. The SMILES string of the molecule is O=S(O)CC1c2ccccc2-c2ccccc21. The van der Waals surface area contributed by atoms with Gasteiger partial charge in [-0.25, -0.2) is 4.21 Å². The van der Waals surface area contributed by atoms with Crippen molar-refractivity contribution in [1.29, 1.82) is 0 Å². The zero-order chi connectivity index (χ0) is 11.8. The Balaban J connectivity index is 2.20. The molecule has 3 rings (SSSR count). The molecule has 0 saturated carbocycles. The first kappa shape index (κ1) is 10.7. The molecule has 0 radical (unpaired) electrons. The Labute approximate surface area is 103 Å². The smallest absolute Gasteiger partial charge is 0.153 e. The van der Waals surface area contributed by atoms with Gasteiger partial charge in [0.1, 0.15) is 0 Å². The number of benzene rings is 2. The Morgan fingerprint density at radius 2 is 1.41 bits per heavy atom. The Morgan fingerprint density at radius 1 is 0.941 bits per heavy atom. The molecule has 1 unspecified atom stereocenters. The van der Waals surface area contributed by atoms with E-state index in [1.807, 2.05) is 36.4 Å². The van der Waals surface area contributed by atoms with E-state index >= 15 is 0 Å². The summed E-state index contributed by atoms with van der Waals surface area (Å²) in [6.45, 7) is 0. The van der Waals surface area contributed by atoms with Crippen LogP contribution in [0.5, 0.6) is 0 Å². The van der Waals surface area contributed by atoms with E-state index in [1.165, 1.54) is 11.1 Å². The molecule has 2 aromatic rings. The largest absolute Gasteiger partial charge is 0.306 e. The van der Waals surface area contributed by atoms with E-state index in [1.54, 1.807) is 0 Å². The Hall–Kier alpha value is -1.45. The molecule has 1 atom stereocenters. The van der Waals surface area contributed by atoms with Crippen LogP contribution in [0.15, 0.2) is 48.5 Å². The molecule has 0 saturated heterocycles. The molecule has 0 spiro atoms. The summed E-state index contributed by atoms with van der Waals surface area (Å²) < 4.78 is 20.2. The van der Waals surface area contributed by atoms with Crippen LogP contribution in [0.2, 0.25) is 0 Å². The van der Waals surface area contributed by atoms with Gasteiger partial charge in [-0.3, -0.25) is 0 Å². The topological polar surface area (TPSA) is 37.3 Å². The first-order valence-corrected chi connectivity index (χ1v) is 6.80. The summed E-state index contributed by atoms with van der Waals surface area (Å²) in [5, 5.41) is 0. The average molecular weight is 244 g/mol. The quantitative estimate of drug-likeness (QED) is 0.824. The lowest BCUT2D eigenvalue weighted by Gasteiger charge is -2.10. The van der Waals surface area contributed by atoms with Crippen LogP contribution >= 0.6 is 0 Å². The fourth-order valence-electron chi connectivity index (χ4n) is 2.58. The molecule has 0 aromatic heterocycles. The van der Waals surface area contributed by atoms with E-state index in [-0.39, 0.29) is 11.7 Å². The van der Waals surface area contributed by atoms with Gasteiger partial charge in [0, 0.05) is 5.92 Å². The van der Waals surface area contributed by atoms with E-state index in [0.29, 0.717) is 0 Å². The van der Waals surface area contributed by atoms with Gasteiger partial charge in [-0.2, -0.15) is 0 Å². The van der Waals surface area contributed by atoms with Gasteiger partial charge < -0.3 is 4.55 Å². The first-order chi connectivity index (χ1) is 8.27. The fraction of sp³-hybridized carbons (Fsp3) is 0.143. The van der Waals surface area contributed by atoms with Crippen molar-refractivity contribution in [3.63, 3.8) is 0 Å². The third kappa shape index (κ3) is 1.72. The van der Waals surface area contributed by atoms with Gasteiger partial charge in [0.05, 0.1) is 5.75 Å². The minimum atomic E-state index is -1.77. The Morgan fingerprint density at radius 3 is 1.88 bits per heavy atom. The van der Waals surface area contributed by atoms with E-state index in [9.17, 15) is 4.21 Å². The lowest BCUT2D eigenvalue weighted by atomic mass is 9.99. The molecular weight excluding hydrogens is 232 g/mol. The maximum atomic E-state index is 11.1. The van der Waals surface area contributed by atoms with Crippen LogP contribution < -0.4 is 0 Å². The van der Waals surface area contributed by atoms with Crippen molar-refractivity contribution in [1.82, 2.24) is 0 Å². The average Bonchev–Trinajstić information content (AvgIpc) is 2.65. The monoisotopic (exact) mass is 244 g/mol. The highest BCUT2D eigenvalue weighted by atomic mass is 32.2. The zero-order valence-corrected chi connectivity index (χ0v) is 9.98. The summed E-state index contributed by atoms with van der Waals surface area (Å²) in [6, 6.07) is 16.2. The molecule has 1 N–H and O–H groups in total. The van der Waals surface area contributed by atoms with E-state index in [2.05, 4.69) is 12.1 Å². The van der Waals surface area contributed by atoms with Crippen LogP contribution in [0.25, 0.3) is 11.1 Å². The number of rotatable bonds is 2. The van der Waals surface area contributed by atoms with Crippen LogP contribution in [0.4, 0.5) is 0 Å². The molecule has 0 amide bonds. The Bertz CT molecular complexity index is 547. The molecule has 1 aliphatic rings. The summed E-state index contributed by atoms with van der Waals surface area (Å²) in [5.74, 6) is 0.321. The highest BCUT2D eigenvalue weighted by molar-refractivity contribution is 7.79. The lowest BCUT2D eigenvalue weighted by Crippen LogP contribution is -2.07. The van der Waals surface area contributed by atoms with Crippen LogP contribution in [0, 0.1) is 0 Å². The summed E-state index contributed by atoms with van der Waals surface area (Å²) in [5.41, 5.74) is 4.71. The van der Waals surface area contributed by atoms with E-state index in [4.69, 9.17) is 4.55 Å². The van der Waals surface area contributed by atoms with Gasteiger partial charge in [-0.15, -0.1) is 0 Å². The zero-order valence-electron chi connectivity index (χ0n) is 9.17. The molecule has 3 heteroatoms. The standard InChI is InChI=1S/C14H12O2S/c15-17(16)9-14-12-7-3-1-5-10(12)11-6-2-4-8-13(11)14/h1-8,14H,9H2,(H,15,16). The van der Waals surface area contributed by atoms with Crippen molar-refractivity contribution in [3.05, 3.63) is 59.7 Å². The minimum Gasteiger partial charge on any atom is -0.306 e. The maximum absolute atomic E-state index is 11.1. The van der Waals surface area contributed by atoms with Gasteiger partial charge in [0.2, 0.25) is 0 Å². The van der Waals surface area contributed by atoms with Gasteiger partial charge in [0.25, 0.3) is 0 Å². The third-order valence-electron chi connectivity index (χ3n) is 3.27. The molecule has 0 bridgehead atoms. The molecule has 86 valence electrons. The van der Waals surface area contributed by atoms with Crippen molar-refractivity contribution in [2.75, 3.05) is 5.75 Å². The summed E-state index contributed by atoms with van der Waals surface area (Å²) >= 11 is -1.77. The number of fused-ring (bicyclic) bond motifs is 3. The second kappa shape index (κ2) is 4.09. The van der Waals surface area contributed by atoms with Crippen molar-refractivity contribution in [2.24, 2.45) is 0 Å². The molecule has 1 aliphatic carbocycles. The van der Waals surface area contributed by atoms with Crippen LogP contribution in [-0.4, -0.2) is 14.5 Å². The van der Waals surface area contributed by atoms with Crippen LogP contribution in [0.3, 0.4) is 0 Å². The molecular formula is C14H12O2S. The second-order valence-electron chi connectivity index (χ2n) is 4.22. The van der Waals surface area contributed by atoms with Gasteiger partial charge >= 0.3 is 0 Å². The molecule has 2 nitrogen and oxygen atoms in total. The predicted octanol–water partition coefficient (Wildman–Crippen LogP) is 3.02. The summed E-state index contributed by atoms with van der Waals surface area (Å²) in [4.78, 5) is 0. The minimum absolute atomic E-state index is 0.0493. The molecule has 0 fully saturated rings. The van der Waals surface area contributed by atoms with Crippen LogP contribution in [0.1, 0.15) is 17.0 Å². The van der Waals surface area contributed by atoms with Crippen molar-refractivity contribution < 1.29 is 8.76 Å². The van der Waals surface area contributed by atoms with Crippen molar-refractivity contribution in [2.45, 2.75) is 5.92 Å². The Kier molecular flexibility index (Phi) is 2.57. The highest BCUT2D eigenvalue weighted by Gasteiger charge is 2.28. The molecule has 0 aliphatic heterocycles. The normalized spacial score (nSPS) is 15.4. The van der Waals surface area contributed by atoms with Crippen molar-refractivity contribution in [3.8, 4) is 11.1 Å². The number of hydrogen-bond donors (Lipinski definition) is 1. The molecule has 17 heavy (non-hydrogen) atoms. The maximum Gasteiger partial charge on any atom is 0.153 e. The van der Waals surface area contributed by atoms with Crippen molar-refractivity contribution >= 4 is 11.1 Å². The van der Waals surface area contributed by atoms with Crippen LogP contribution in [-0.2, 0) is 11.1 Å².